The number of carbonyl (C=O) groups is 1. The maximum Gasteiger partial charge on any atom is 0.275 e. The summed E-state index contributed by atoms with van der Waals surface area (Å²) in [6.45, 7) is 0. The second-order valence-electron chi connectivity index (χ2n) is 4.05. The molecule has 98 valence electrons. The van der Waals surface area contributed by atoms with Crippen LogP contribution in [-0.4, -0.2) is 20.9 Å². The number of hydrogen-bond acceptors (Lipinski definition) is 4. The molecule has 0 aliphatic rings. The minimum atomic E-state index is -0.342. The topological polar surface area (TPSA) is 67.8 Å². The van der Waals surface area contributed by atoms with Gasteiger partial charge in [0.15, 0.2) is 0 Å². The Morgan fingerprint density at radius 1 is 1.05 bits per heavy atom. The van der Waals surface area contributed by atoms with Gasteiger partial charge in [0, 0.05) is 11.6 Å². The molecule has 0 bridgehead atoms. The van der Waals surface area contributed by atoms with Crippen molar-refractivity contribution >= 4 is 34.2 Å². The van der Waals surface area contributed by atoms with Crippen LogP contribution in [0.4, 0.5) is 5.82 Å². The van der Waals surface area contributed by atoms with E-state index in [0.29, 0.717) is 11.5 Å². The number of rotatable bonds is 2. The zero-order chi connectivity index (χ0) is 13.9. The fourth-order valence-electron chi connectivity index (χ4n) is 1.78. The highest BCUT2D eigenvalue weighted by Gasteiger charge is 2.09. The highest BCUT2D eigenvalue weighted by Crippen LogP contribution is 2.13. The first-order chi connectivity index (χ1) is 9.72. The van der Waals surface area contributed by atoms with E-state index < -0.39 is 0 Å². The summed E-state index contributed by atoms with van der Waals surface area (Å²) >= 11 is 5.66. The number of amides is 1. The van der Waals surface area contributed by atoms with Crippen molar-refractivity contribution in [3.63, 3.8) is 0 Å². The second kappa shape index (κ2) is 5.22. The number of para-hydroxylation sites is 1. The van der Waals surface area contributed by atoms with E-state index in [1.54, 1.807) is 12.1 Å². The summed E-state index contributed by atoms with van der Waals surface area (Å²) in [5.74, 6) is -0.00419. The molecule has 20 heavy (non-hydrogen) atoms. The van der Waals surface area contributed by atoms with Gasteiger partial charge in [-0.1, -0.05) is 24.3 Å². The van der Waals surface area contributed by atoms with Crippen molar-refractivity contribution in [2.24, 2.45) is 0 Å². The zero-order valence-electron chi connectivity index (χ0n) is 10.2. The van der Waals surface area contributed by atoms with E-state index in [1.165, 1.54) is 6.20 Å². The lowest BCUT2D eigenvalue weighted by atomic mass is 10.2. The molecular formula is C14H9ClN4O. The number of carbonyl (C=O) groups excluding carboxylic acids is 1. The smallest absolute Gasteiger partial charge is 0.275 e. The molecule has 5 nitrogen and oxygen atoms in total. The number of fused-ring (bicyclic) bond motifs is 1. The van der Waals surface area contributed by atoms with E-state index in [4.69, 9.17) is 11.6 Å². The lowest BCUT2D eigenvalue weighted by Crippen LogP contribution is -2.14. The normalized spacial score (nSPS) is 10.4. The third-order valence-electron chi connectivity index (χ3n) is 2.70. The number of aromatic nitrogens is 3. The Bertz CT molecular complexity index is 791. The summed E-state index contributed by atoms with van der Waals surface area (Å²) in [4.78, 5) is 24.0. The summed E-state index contributed by atoms with van der Waals surface area (Å²) in [5.41, 5.74) is 1.08. The average molecular weight is 285 g/mol. The van der Waals surface area contributed by atoms with Crippen molar-refractivity contribution in [1.82, 2.24) is 15.0 Å². The molecule has 6 heteroatoms. The van der Waals surface area contributed by atoms with Gasteiger partial charge in [0.25, 0.3) is 5.91 Å². The van der Waals surface area contributed by atoms with Gasteiger partial charge < -0.3 is 5.32 Å². The number of nitrogens with zero attached hydrogens (tertiary/aromatic N) is 3. The van der Waals surface area contributed by atoms with Gasteiger partial charge in [-0.2, -0.15) is 0 Å². The van der Waals surface area contributed by atoms with Crippen molar-refractivity contribution in [1.29, 1.82) is 0 Å². The van der Waals surface area contributed by atoms with Crippen LogP contribution >= 0.6 is 11.6 Å². The number of hydrogen-bond donors (Lipinski definition) is 1. The Kier molecular flexibility index (Phi) is 3.26. The highest BCUT2D eigenvalue weighted by atomic mass is 35.5. The number of anilines is 1. The predicted molar refractivity (Wildman–Crippen MR) is 76.7 cm³/mol. The molecule has 1 N–H and O–H groups in total. The molecule has 0 aliphatic heterocycles. The minimum absolute atomic E-state index is 0.0780. The molecule has 0 atom stereocenters. The third kappa shape index (κ3) is 2.57. The molecule has 0 aliphatic carbocycles. The average Bonchev–Trinajstić information content (AvgIpc) is 2.47. The molecule has 2 aromatic heterocycles. The first-order valence-electron chi connectivity index (χ1n) is 5.88. The van der Waals surface area contributed by atoms with Crippen LogP contribution in [0.3, 0.4) is 0 Å². The van der Waals surface area contributed by atoms with E-state index in [9.17, 15) is 4.79 Å². The first-order valence-corrected chi connectivity index (χ1v) is 6.26. The first kappa shape index (κ1) is 12.5. The van der Waals surface area contributed by atoms with Gasteiger partial charge in [-0.25, -0.2) is 15.0 Å². The van der Waals surface area contributed by atoms with E-state index in [1.807, 2.05) is 30.3 Å². The fourth-order valence-corrected chi connectivity index (χ4v) is 1.92. The van der Waals surface area contributed by atoms with Crippen LogP contribution < -0.4 is 5.32 Å². The molecule has 0 fully saturated rings. The van der Waals surface area contributed by atoms with E-state index >= 15 is 0 Å². The Morgan fingerprint density at radius 3 is 2.75 bits per heavy atom. The van der Waals surface area contributed by atoms with Crippen LogP contribution in [0.1, 0.15) is 10.5 Å². The molecule has 3 aromatic rings. The molecule has 0 unspecified atom stereocenters. The van der Waals surface area contributed by atoms with Gasteiger partial charge in [-0.05, 0) is 29.8 Å². The van der Waals surface area contributed by atoms with E-state index in [-0.39, 0.29) is 11.2 Å². The van der Waals surface area contributed by atoms with Gasteiger partial charge >= 0.3 is 0 Å². The largest absolute Gasteiger partial charge is 0.305 e. The van der Waals surface area contributed by atoms with Crippen LogP contribution in [0.25, 0.3) is 10.9 Å². The van der Waals surface area contributed by atoms with Crippen molar-refractivity contribution in [2.75, 3.05) is 5.32 Å². The van der Waals surface area contributed by atoms with Crippen LogP contribution in [0.15, 0.2) is 48.7 Å². The van der Waals surface area contributed by atoms with Crippen molar-refractivity contribution in [2.45, 2.75) is 0 Å². The molecule has 0 radical (unpaired) electrons. The third-order valence-corrected chi connectivity index (χ3v) is 2.88. The van der Waals surface area contributed by atoms with Gasteiger partial charge in [0.1, 0.15) is 11.5 Å². The molecular weight excluding hydrogens is 276 g/mol. The Morgan fingerprint density at radius 2 is 1.90 bits per heavy atom. The second-order valence-corrected chi connectivity index (χ2v) is 4.39. The monoisotopic (exact) mass is 284 g/mol. The van der Waals surface area contributed by atoms with Crippen LogP contribution in [0, 0.1) is 0 Å². The number of benzene rings is 1. The van der Waals surface area contributed by atoms with E-state index in [2.05, 4.69) is 20.3 Å². The standard InChI is InChI=1S/C14H9ClN4O/c15-14-16-8-7-12(19-14)18-13(20)11-6-5-9-3-1-2-4-10(9)17-11/h1-8H,(H,16,18,19,20). The predicted octanol–water partition coefficient (Wildman–Crippen LogP) is 2.93. The summed E-state index contributed by atoms with van der Waals surface area (Å²) in [7, 11) is 0. The summed E-state index contributed by atoms with van der Waals surface area (Å²) in [5, 5.41) is 3.69. The van der Waals surface area contributed by atoms with E-state index in [0.717, 1.165) is 10.9 Å². The molecule has 0 saturated heterocycles. The van der Waals surface area contributed by atoms with Crippen molar-refractivity contribution < 1.29 is 4.79 Å². The van der Waals surface area contributed by atoms with Gasteiger partial charge in [-0.15, -0.1) is 0 Å². The number of nitrogens with one attached hydrogen (secondary N) is 1. The molecule has 2 heterocycles. The van der Waals surface area contributed by atoms with Crippen LogP contribution in [0.5, 0.6) is 0 Å². The molecule has 0 saturated carbocycles. The maximum absolute atomic E-state index is 12.1. The zero-order valence-corrected chi connectivity index (χ0v) is 11.0. The molecule has 1 amide bonds. The van der Waals surface area contributed by atoms with Crippen molar-refractivity contribution in [3.05, 3.63) is 59.6 Å². The summed E-state index contributed by atoms with van der Waals surface area (Å²) in [6.07, 6.45) is 1.47. The SMILES string of the molecule is O=C(Nc1ccnc(Cl)n1)c1ccc2ccccc2n1. The highest BCUT2D eigenvalue weighted by molar-refractivity contribution is 6.28. The van der Waals surface area contributed by atoms with Crippen LogP contribution in [0.2, 0.25) is 5.28 Å². The summed E-state index contributed by atoms with van der Waals surface area (Å²) in [6, 6.07) is 12.7. The van der Waals surface area contributed by atoms with Gasteiger partial charge in [0.2, 0.25) is 5.28 Å². The minimum Gasteiger partial charge on any atom is -0.305 e. The lowest BCUT2D eigenvalue weighted by Gasteiger charge is -2.04. The summed E-state index contributed by atoms with van der Waals surface area (Å²) < 4.78 is 0. The van der Waals surface area contributed by atoms with Crippen LogP contribution in [-0.2, 0) is 0 Å². The van der Waals surface area contributed by atoms with Gasteiger partial charge in [-0.3, -0.25) is 4.79 Å². The number of halogens is 1. The quantitative estimate of drug-likeness (QED) is 0.735. The lowest BCUT2D eigenvalue weighted by molar-refractivity contribution is 0.102. The molecule has 1 aromatic carbocycles. The maximum atomic E-state index is 12.1. The number of pyridine rings is 1. The Hall–Kier alpha value is -2.53. The molecule has 0 spiro atoms. The fraction of sp³-hybridized carbons (Fsp3) is 0. The Labute approximate surface area is 119 Å². The Balaban J connectivity index is 1.88. The van der Waals surface area contributed by atoms with Crippen molar-refractivity contribution in [3.8, 4) is 0 Å². The van der Waals surface area contributed by atoms with Gasteiger partial charge in [0.05, 0.1) is 5.52 Å². The molecule has 3 rings (SSSR count).